The maximum Gasteiger partial charge on any atom is 0.333 e. The molecule has 37 heavy (non-hydrogen) atoms. The number of unbranched alkanes of at least 4 members (excludes halogenated alkanes) is 1. The lowest BCUT2D eigenvalue weighted by molar-refractivity contribution is -0.136. The van der Waals surface area contributed by atoms with Crippen LogP contribution < -0.4 is 9.64 Å². The lowest BCUT2D eigenvalue weighted by Gasteiger charge is -2.25. The number of hydrogen-bond acceptors (Lipinski definition) is 6. The molecule has 2 heterocycles. The van der Waals surface area contributed by atoms with Crippen molar-refractivity contribution in [3.63, 3.8) is 0 Å². The maximum absolute atomic E-state index is 12.4. The van der Waals surface area contributed by atoms with Crippen molar-refractivity contribution in [2.45, 2.75) is 46.2 Å². The summed E-state index contributed by atoms with van der Waals surface area (Å²) in [6, 6.07) is 14.5. The van der Waals surface area contributed by atoms with E-state index in [1.54, 1.807) is 0 Å². The number of carbonyl (C=O) groups is 1. The molecule has 0 bridgehead atoms. The van der Waals surface area contributed by atoms with E-state index in [0.29, 0.717) is 25.2 Å². The first-order valence-corrected chi connectivity index (χ1v) is 13.1. The van der Waals surface area contributed by atoms with Crippen LogP contribution in [-0.2, 0) is 27.4 Å². The van der Waals surface area contributed by atoms with Crippen LogP contribution in [0.3, 0.4) is 0 Å². The third kappa shape index (κ3) is 7.01. The number of nitrogens with zero attached hydrogens (tertiary/aromatic N) is 3. The van der Waals surface area contributed by atoms with E-state index in [4.69, 9.17) is 14.2 Å². The fourth-order valence-electron chi connectivity index (χ4n) is 4.42. The fraction of sp³-hybridized carbons (Fsp3) is 0.400. The largest absolute Gasteiger partial charge is 0.491 e. The zero-order chi connectivity index (χ0) is 26.0. The number of methoxy groups -OCH3 is 1. The van der Waals surface area contributed by atoms with E-state index in [-0.39, 0.29) is 5.97 Å². The van der Waals surface area contributed by atoms with Crippen LogP contribution in [0.1, 0.15) is 44.2 Å². The molecule has 0 atom stereocenters. The molecule has 0 amide bonds. The maximum atomic E-state index is 12.4. The molecule has 7 heteroatoms. The molecular weight excluding hydrogens is 466 g/mol. The first kappa shape index (κ1) is 26.5. The fourth-order valence-corrected chi connectivity index (χ4v) is 4.42. The zero-order valence-electron chi connectivity index (χ0n) is 22.1. The van der Waals surface area contributed by atoms with Crippen LogP contribution in [0.15, 0.2) is 60.4 Å². The standard InChI is InChI=1S/C30H37N3O4/c1-4-6-15-36-16-17-37-28-10-7-24(8-11-28)25-9-12-29-27(18-25)19-26(30(34)35-3)13-14-32(29)21-23-20-31-33(5-2)22-23/h7-12,18-20,22H,4-6,13-17,21H2,1-3H3. The van der Waals surface area contributed by atoms with Gasteiger partial charge >= 0.3 is 5.97 Å². The highest BCUT2D eigenvalue weighted by Crippen LogP contribution is 2.34. The first-order valence-electron chi connectivity index (χ1n) is 13.1. The molecular formula is C30H37N3O4. The van der Waals surface area contributed by atoms with Crippen LogP contribution >= 0.6 is 0 Å². The second-order valence-corrected chi connectivity index (χ2v) is 9.15. The summed E-state index contributed by atoms with van der Waals surface area (Å²) in [6.07, 6.45) is 8.79. The second-order valence-electron chi connectivity index (χ2n) is 9.15. The highest BCUT2D eigenvalue weighted by Gasteiger charge is 2.21. The van der Waals surface area contributed by atoms with Crippen LogP contribution in [0.25, 0.3) is 17.2 Å². The van der Waals surface area contributed by atoms with Gasteiger partial charge in [-0.15, -0.1) is 0 Å². The smallest absolute Gasteiger partial charge is 0.333 e. The quantitative estimate of drug-likeness (QED) is 0.232. The predicted molar refractivity (Wildman–Crippen MR) is 147 cm³/mol. The van der Waals surface area contributed by atoms with Gasteiger partial charge in [-0.25, -0.2) is 4.79 Å². The van der Waals surface area contributed by atoms with E-state index < -0.39 is 0 Å². The normalized spacial score (nSPS) is 13.1. The van der Waals surface area contributed by atoms with Gasteiger partial charge in [0.2, 0.25) is 0 Å². The third-order valence-corrected chi connectivity index (χ3v) is 6.51. The molecule has 0 N–H and O–H groups in total. The Morgan fingerprint density at radius 3 is 2.57 bits per heavy atom. The number of hydrogen-bond donors (Lipinski definition) is 0. The summed E-state index contributed by atoms with van der Waals surface area (Å²) in [6.45, 7) is 8.43. The Morgan fingerprint density at radius 1 is 1.03 bits per heavy atom. The van der Waals surface area contributed by atoms with E-state index in [9.17, 15) is 4.79 Å². The molecule has 0 aliphatic carbocycles. The molecule has 0 fully saturated rings. The molecule has 0 saturated carbocycles. The van der Waals surface area contributed by atoms with E-state index >= 15 is 0 Å². The number of benzene rings is 2. The summed E-state index contributed by atoms with van der Waals surface area (Å²) in [5, 5.41) is 4.42. The second kappa shape index (κ2) is 13.1. The molecule has 1 aliphatic heterocycles. The molecule has 4 rings (SSSR count). The summed E-state index contributed by atoms with van der Waals surface area (Å²) >= 11 is 0. The van der Waals surface area contributed by atoms with Crippen molar-refractivity contribution < 1.29 is 19.0 Å². The van der Waals surface area contributed by atoms with Crippen LogP contribution in [0.5, 0.6) is 5.75 Å². The van der Waals surface area contributed by atoms with Crippen LogP contribution in [-0.4, -0.2) is 49.2 Å². The summed E-state index contributed by atoms with van der Waals surface area (Å²) < 4.78 is 18.4. The van der Waals surface area contributed by atoms with Crippen molar-refractivity contribution >= 4 is 17.7 Å². The predicted octanol–water partition coefficient (Wildman–Crippen LogP) is 5.73. The summed E-state index contributed by atoms with van der Waals surface area (Å²) in [7, 11) is 1.43. The number of aryl methyl sites for hydroxylation is 1. The lowest BCUT2D eigenvalue weighted by atomic mass is 10.00. The average Bonchev–Trinajstić information content (AvgIpc) is 3.31. The van der Waals surface area contributed by atoms with E-state index in [2.05, 4.69) is 60.4 Å². The molecule has 196 valence electrons. The van der Waals surface area contributed by atoms with Gasteiger partial charge in [-0.3, -0.25) is 4.68 Å². The van der Waals surface area contributed by atoms with Crippen molar-refractivity contribution in [3.8, 4) is 16.9 Å². The van der Waals surface area contributed by atoms with Crippen molar-refractivity contribution in [1.82, 2.24) is 9.78 Å². The Labute approximate surface area is 219 Å². The molecule has 0 unspecified atom stereocenters. The van der Waals surface area contributed by atoms with E-state index in [1.165, 1.54) is 7.11 Å². The molecule has 3 aromatic rings. The minimum Gasteiger partial charge on any atom is -0.491 e. The van der Waals surface area contributed by atoms with Gasteiger partial charge in [0.05, 0.1) is 19.9 Å². The SMILES string of the molecule is CCCCOCCOc1ccc(-c2ccc3c(c2)C=C(C(=O)OC)CCN3Cc2cnn(CC)c2)cc1. The van der Waals surface area contributed by atoms with E-state index in [0.717, 1.165) is 72.8 Å². The number of carbonyl (C=O) groups excluding carboxylic acids is 1. The number of esters is 1. The Bertz CT molecular complexity index is 1200. The van der Waals surface area contributed by atoms with Crippen molar-refractivity contribution in [1.29, 1.82) is 0 Å². The monoisotopic (exact) mass is 503 g/mol. The molecule has 7 nitrogen and oxygen atoms in total. The van der Waals surface area contributed by atoms with Gasteiger partial charge in [0.25, 0.3) is 0 Å². The van der Waals surface area contributed by atoms with Gasteiger partial charge in [-0.2, -0.15) is 5.10 Å². The van der Waals surface area contributed by atoms with E-state index in [1.807, 2.05) is 29.1 Å². The molecule has 2 aromatic carbocycles. The van der Waals surface area contributed by atoms with Crippen molar-refractivity contribution in [2.24, 2.45) is 0 Å². The number of rotatable bonds is 12. The Kier molecular flexibility index (Phi) is 9.38. The molecule has 1 aliphatic rings. The highest BCUT2D eigenvalue weighted by molar-refractivity contribution is 5.96. The first-order chi connectivity index (χ1) is 18.1. The average molecular weight is 504 g/mol. The van der Waals surface area contributed by atoms with Gasteiger partial charge in [0.15, 0.2) is 0 Å². The van der Waals surface area contributed by atoms with Gasteiger partial charge in [-0.1, -0.05) is 31.5 Å². The molecule has 0 radical (unpaired) electrons. The van der Waals surface area contributed by atoms with Crippen LogP contribution in [0.2, 0.25) is 0 Å². The van der Waals surface area contributed by atoms with Crippen LogP contribution in [0, 0.1) is 0 Å². The van der Waals surface area contributed by atoms with Gasteiger partial charge < -0.3 is 19.1 Å². The molecule has 0 spiro atoms. The third-order valence-electron chi connectivity index (χ3n) is 6.51. The lowest BCUT2D eigenvalue weighted by Crippen LogP contribution is -2.24. The van der Waals surface area contributed by atoms with Gasteiger partial charge in [0, 0.05) is 49.3 Å². The minimum absolute atomic E-state index is 0.280. The van der Waals surface area contributed by atoms with Crippen molar-refractivity contribution in [2.75, 3.05) is 38.4 Å². The number of fused-ring (bicyclic) bond motifs is 1. The summed E-state index contributed by atoms with van der Waals surface area (Å²) in [5.74, 6) is 0.543. The number of anilines is 1. The topological polar surface area (TPSA) is 65.8 Å². The summed E-state index contributed by atoms with van der Waals surface area (Å²) in [5.41, 5.74) is 6.08. The number of aromatic nitrogens is 2. The number of ether oxygens (including phenoxy) is 3. The van der Waals surface area contributed by atoms with Crippen molar-refractivity contribution in [3.05, 3.63) is 71.6 Å². The van der Waals surface area contributed by atoms with Crippen LogP contribution in [0.4, 0.5) is 5.69 Å². The van der Waals surface area contributed by atoms with Gasteiger partial charge in [-0.05, 0) is 66.8 Å². The Morgan fingerprint density at radius 2 is 1.84 bits per heavy atom. The Hall–Kier alpha value is -3.58. The van der Waals surface area contributed by atoms with Gasteiger partial charge in [0.1, 0.15) is 12.4 Å². The summed E-state index contributed by atoms with van der Waals surface area (Å²) in [4.78, 5) is 14.8. The molecule has 0 saturated heterocycles. The minimum atomic E-state index is -0.280. The molecule has 1 aromatic heterocycles. The zero-order valence-corrected chi connectivity index (χ0v) is 22.1. The highest BCUT2D eigenvalue weighted by atomic mass is 16.5. The Balaban J connectivity index is 1.52.